The van der Waals surface area contributed by atoms with Crippen molar-refractivity contribution in [3.05, 3.63) is 11.2 Å². The number of nitrogen functional groups attached to an aromatic ring is 1. The Morgan fingerprint density at radius 1 is 1.35 bits per heavy atom. The summed E-state index contributed by atoms with van der Waals surface area (Å²) in [6, 6.07) is 1.71. The Labute approximate surface area is 107 Å². The van der Waals surface area contributed by atoms with E-state index in [-0.39, 0.29) is 5.95 Å². The van der Waals surface area contributed by atoms with E-state index in [0.717, 1.165) is 24.2 Å². The number of anilines is 2. The smallest absolute Gasteiger partial charge is 0.223 e. The summed E-state index contributed by atoms with van der Waals surface area (Å²) in [5.41, 5.74) is 5.54. The number of halogens is 1. The van der Waals surface area contributed by atoms with Crippen LogP contribution in [0, 0.1) is 11.8 Å². The Hall–Kier alpha value is -1.03. The number of hydrogen-bond acceptors (Lipinski definition) is 4. The van der Waals surface area contributed by atoms with Crippen molar-refractivity contribution in [3.8, 4) is 0 Å². The van der Waals surface area contributed by atoms with Crippen LogP contribution in [0.5, 0.6) is 0 Å². The Bertz CT molecular complexity index is 355. The number of aromatic nitrogens is 2. The molecule has 1 saturated carbocycles. The molecule has 4 nitrogen and oxygen atoms in total. The van der Waals surface area contributed by atoms with Crippen molar-refractivity contribution in [1.82, 2.24) is 9.97 Å². The van der Waals surface area contributed by atoms with E-state index >= 15 is 0 Å². The summed E-state index contributed by atoms with van der Waals surface area (Å²) in [5, 5.41) is 3.68. The Morgan fingerprint density at radius 2 is 2.06 bits per heavy atom. The molecule has 3 N–H and O–H groups in total. The molecule has 1 fully saturated rings. The van der Waals surface area contributed by atoms with Crippen LogP contribution in [0.1, 0.15) is 32.6 Å². The van der Waals surface area contributed by atoms with Gasteiger partial charge in [0.2, 0.25) is 5.95 Å². The predicted molar refractivity (Wildman–Crippen MR) is 71.1 cm³/mol. The van der Waals surface area contributed by atoms with Gasteiger partial charge in [-0.1, -0.05) is 31.4 Å². The molecule has 0 amide bonds. The van der Waals surface area contributed by atoms with Crippen molar-refractivity contribution in [2.24, 2.45) is 11.8 Å². The van der Waals surface area contributed by atoms with Gasteiger partial charge >= 0.3 is 0 Å². The molecule has 94 valence electrons. The quantitative estimate of drug-likeness (QED) is 0.814. The second-order valence-corrected chi connectivity index (χ2v) is 5.33. The third kappa shape index (κ3) is 3.73. The standard InChI is InChI=1S/C12H19ClN4/c1-8-2-4-9(5-3-8)7-15-11-6-10(13)16-12(14)17-11/h6,8-9H,2-5,7H2,1H3,(H3,14,15,16,17). The first-order valence-electron chi connectivity index (χ1n) is 6.17. The highest BCUT2D eigenvalue weighted by Crippen LogP contribution is 2.28. The maximum atomic E-state index is 5.82. The zero-order valence-electron chi connectivity index (χ0n) is 10.1. The van der Waals surface area contributed by atoms with E-state index in [1.165, 1.54) is 25.7 Å². The van der Waals surface area contributed by atoms with Crippen molar-refractivity contribution >= 4 is 23.4 Å². The Morgan fingerprint density at radius 3 is 2.71 bits per heavy atom. The molecule has 17 heavy (non-hydrogen) atoms. The summed E-state index contributed by atoms with van der Waals surface area (Å²) in [5.74, 6) is 2.56. The summed E-state index contributed by atoms with van der Waals surface area (Å²) in [4.78, 5) is 7.94. The fourth-order valence-electron chi connectivity index (χ4n) is 2.31. The normalized spacial score (nSPS) is 24.6. The van der Waals surface area contributed by atoms with Crippen LogP contribution in [0.3, 0.4) is 0 Å². The van der Waals surface area contributed by atoms with Crippen LogP contribution < -0.4 is 11.1 Å². The van der Waals surface area contributed by atoms with Crippen LogP contribution in [-0.4, -0.2) is 16.5 Å². The summed E-state index contributed by atoms with van der Waals surface area (Å²) in [6.45, 7) is 3.27. The van der Waals surface area contributed by atoms with E-state index in [9.17, 15) is 0 Å². The third-order valence-electron chi connectivity index (χ3n) is 3.42. The summed E-state index contributed by atoms with van der Waals surface area (Å²) in [6.07, 6.45) is 5.25. The molecule has 0 atom stereocenters. The van der Waals surface area contributed by atoms with Gasteiger partial charge in [-0.05, 0) is 24.7 Å². The molecule has 1 aliphatic rings. The maximum Gasteiger partial charge on any atom is 0.223 e. The summed E-state index contributed by atoms with van der Waals surface area (Å²) < 4.78 is 0. The van der Waals surface area contributed by atoms with Gasteiger partial charge in [-0.25, -0.2) is 4.98 Å². The molecular formula is C12H19ClN4. The van der Waals surface area contributed by atoms with E-state index in [4.69, 9.17) is 17.3 Å². The fraction of sp³-hybridized carbons (Fsp3) is 0.667. The van der Waals surface area contributed by atoms with Crippen molar-refractivity contribution in [2.75, 3.05) is 17.6 Å². The van der Waals surface area contributed by atoms with Crippen molar-refractivity contribution in [3.63, 3.8) is 0 Å². The highest BCUT2D eigenvalue weighted by atomic mass is 35.5. The topological polar surface area (TPSA) is 63.8 Å². The minimum atomic E-state index is 0.220. The van der Waals surface area contributed by atoms with Gasteiger partial charge in [-0.2, -0.15) is 4.98 Å². The van der Waals surface area contributed by atoms with Crippen molar-refractivity contribution < 1.29 is 0 Å². The first kappa shape index (κ1) is 12.4. The van der Waals surface area contributed by atoms with Crippen LogP contribution in [-0.2, 0) is 0 Å². The molecule has 0 saturated heterocycles. The fourth-order valence-corrected chi connectivity index (χ4v) is 2.50. The predicted octanol–water partition coefficient (Wildman–Crippen LogP) is 2.95. The average Bonchev–Trinajstić information content (AvgIpc) is 2.27. The molecule has 1 aliphatic carbocycles. The van der Waals surface area contributed by atoms with Crippen molar-refractivity contribution in [1.29, 1.82) is 0 Å². The molecule has 0 spiro atoms. The van der Waals surface area contributed by atoms with Crippen LogP contribution in [0.4, 0.5) is 11.8 Å². The lowest BCUT2D eigenvalue weighted by molar-refractivity contribution is 0.300. The second kappa shape index (κ2) is 5.54. The van der Waals surface area contributed by atoms with Gasteiger partial charge in [0.15, 0.2) is 0 Å². The number of nitrogens with zero attached hydrogens (tertiary/aromatic N) is 2. The summed E-state index contributed by atoms with van der Waals surface area (Å²) in [7, 11) is 0. The van der Waals surface area contributed by atoms with Crippen LogP contribution in [0.15, 0.2) is 6.07 Å². The first-order valence-corrected chi connectivity index (χ1v) is 6.55. The first-order chi connectivity index (χ1) is 8.13. The molecule has 1 aromatic rings. The van der Waals surface area contributed by atoms with Gasteiger partial charge in [0, 0.05) is 12.6 Å². The number of hydrogen-bond donors (Lipinski definition) is 2. The van der Waals surface area contributed by atoms with E-state index in [2.05, 4.69) is 22.2 Å². The minimum absolute atomic E-state index is 0.220. The summed E-state index contributed by atoms with van der Waals surface area (Å²) >= 11 is 5.82. The highest BCUT2D eigenvalue weighted by molar-refractivity contribution is 6.29. The monoisotopic (exact) mass is 254 g/mol. The number of rotatable bonds is 3. The van der Waals surface area contributed by atoms with Gasteiger partial charge in [0.25, 0.3) is 0 Å². The van der Waals surface area contributed by atoms with Gasteiger partial charge in [-0.15, -0.1) is 0 Å². The molecule has 0 unspecified atom stereocenters. The lowest BCUT2D eigenvalue weighted by Crippen LogP contribution is -2.20. The zero-order chi connectivity index (χ0) is 12.3. The number of nitrogens with one attached hydrogen (secondary N) is 1. The van der Waals surface area contributed by atoms with Gasteiger partial charge < -0.3 is 11.1 Å². The van der Waals surface area contributed by atoms with Gasteiger partial charge in [-0.3, -0.25) is 0 Å². The SMILES string of the molecule is CC1CCC(CNc2cc(Cl)nc(N)n2)CC1. The number of nitrogens with two attached hydrogens (primary N) is 1. The zero-order valence-corrected chi connectivity index (χ0v) is 10.9. The van der Waals surface area contributed by atoms with Gasteiger partial charge in [0.05, 0.1) is 0 Å². The molecular weight excluding hydrogens is 236 g/mol. The van der Waals surface area contributed by atoms with E-state index < -0.39 is 0 Å². The average molecular weight is 255 g/mol. The van der Waals surface area contributed by atoms with E-state index in [1.54, 1.807) is 6.07 Å². The molecule has 1 aromatic heterocycles. The van der Waals surface area contributed by atoms with Crippen LogP contribution >= 0.6 is 11.6 Å². The highest BCUT2D eigenvalue weighted by Gasteiger charge is 2.17. The molecule has 2 rings (SSSR count). The van der Waals surface area contributed by atoms with E-state index in [1.807, 2.05) is 0 Å². The molecule has 1 heterocycles. The van der Waals surface area contributed by atoms with E-state index in [0.29, 0.717) is 5.15 Å². The van der Waals surface area contributed by atoms with Gasteiger partial charge in [0.1, 0.15) is 11.0 Å². The van der Waals surface area contributed by atoms with Crippen molar-refractivity contribution in [2.45, 2.75) is 32.6 Å². The minimum Gasteiger partial charge on any atom is -0.370 e. The Kier molecular flexibility index (Phi) is 4.05. The maximum absolute atomic E-state index is 5.82. The lowest BCUT2D eigenvalue weighted by Gasteiger charge is -2.26. The molecule has 0 aromatic carbocycles. The molecule has 0 aliphatic heterocycles. The van der Waals surface area contributed by atoms with Crippen LogP contribution in [0.2, 0.25) is 5.15 Å². The third-order valence-corrected chi connectivity index (χ3v) is 3.61. The van der Waals surface area contributed by atoms with Crippen LogP contribution in [0.25, 0.3) is 0 Å². The second-order valence-electron chi connectivity index (χ2n) is 4.94. The Balaban J connectivity index is 1.85. The molecule has 0 bridgehead atoms. The largest absolute Gasteiger partial charge is 0.370 e. The molecule has 0 radical (unpaired) electrons. The lowest BCUT2D eigenvalue weighted by atomic mass is 9.83. The molecule has 5 heteroatoms.